The topological polar surface area (TPSA) is 12.0 Å². The van der Waals surface area contributed by atoms with Crippen molar-refractivity contribution < 1.29 is 0 Å². The molecule has 1 heterocycles. The summed E-state index contributed by atoms with van der Waals surface area (Å²) in [6.45, 7) is 2.28. The second-order valence-electron chi connectivity index (χ2n) is 3.54. The van der Waals surface area contributed by atoms with E-state index >= 15 is 0 Å². The van der Waals surface area contributed by atoms with Crippen LogP contribution in [0.2, 0.25) is 0 Å². The van der Waals surface area contributed by atoms with Crippen molar-refractivity contribution in [1.82, 2.24) is 5.32 Å². The molecule has 0 radical (unpaired) electrons. The summed E-state index contributed by atoms with van der Waals surface area (Å²) < 4.78 is 0. The van der Waals surface area contributed by atoms with Crippen molar-refractivity contribution in [1.29, 1.82) is 0 Å². The molecule has 0 saturated carbocycles. The summed E-state index contributed by atoms with van der Waals surface area (Å²) in [6, 6.07) is 0.725. The highest BCUT2D eigenvalue weighted by Crippen LogP contribution is 2.30. The summed E-state index contributed by atoms with van der Waals surface area (Å²) in [6.07, 6.45) is 6.83. The Morgan fingerprint density at radius 3 is 2.90 bits per heavy atom. The molecular weight excluding hydrogens is 122 g/mol. The van der Waals surface area contributed by atoms with Gasteiger partial charge in [0, 0.05) is 11.7 Å². The van der Waals surface area contributed by atoms with Crippen LogP contribution in [0.5, 0.6) is 0 Å². The molecule has 1 aliphatic carbocycles. The first-order valence-electron chi connectivity index (χ1n) is 4.33. The summed E-state index contributed by atoms with van der Waals surface area (Å²) in [4.78, 5) is 0. The molecule has 10 heavy (non-hydrogen) atoms. The highest BCUT2D eigenvalue weighted by atomic mass is 14.9. The van der Waals surface area contributed by atoms with Crippen LogP contribution in [-0.2, 0) is 0 Å². The molecule has 2 rings (SSSR count). The van der Waals surface area contributed by atoms with E-state index < -0.39 is 0 Å². The Balaban J connectivity index is 2.13. The lowest BCUT2D eigenvalue weighted by atomic mass is 9.96. The van der Waals surface area contributed by atoms with Gasteiger partial charge in [-0.15, -0.1) is 0 Å². The minimum atomic E-state index is 0.725. The molecule has 1 unspecified atom stereocenters. The molecule has 1 N–H and O–H groups in total. The number of hydrogen-bond donors (Lipinski definition) is 1. The van der Waals surface area contributed by atoms with Crippen molar-refractivity contribution in [3.05, 3.63) is 11.3 Å². The molecule has 0 aromatic heterocycles. The summed E-state index contributed by atoms with van der Waals surface area (Å²) in [5.74, 6) is 0. The Bertz CT molecular complexity index is 152. The Kier molecular flexibility index (Phi) is 1.44. The zero-order chi connectivity index (χ0) is 6.97. The first kappa shape index (κ1) is 6.26. The van der Waals surface area contributed by atoms with Gasteiger partial charge in [-0.05, 0) is 44.6 Å². The van der Waals surface area contributed by atoms with Crippen LogP contribution in [0.3, 0.4) is 0 Å². The molecule has 1 atom stereocenters. The molecule has 1 aliphatic heterocycles. The average molecular weight is 137 g/mol. The van der Waals surface area contributed by atoms with Gasteiger partial charge in [0.1, 0.15) is 0 Å². The largest absolute Gasteiger partial charge is 0.386 e. The van der Waals surface area contributed by atoms with Gasteiger partial charge in [0.2, 0.25) is 0 Å². The third-order valence-electron chi connectivity index (χ3n) is 2.56. The fourth-order valence-corrected chi connectivity index (χ4v) is 2.09. The van der Waals surface area contributed by atoms with Crippen molar-refractivity contribution in [2.24, 2.45) is 0 Å². The van der Waals surface area contributed by atoms with E-state index in [0.717, 1.165) is 6.04 Å². The second kappa shape index (κ2) is 2.30. The molecule has 0 saturated heterocycles. The highest BCUT2D eigenvalue weighted by molar-refractivity contribution is 5.22. The minimum absolute atomic E-state index is 0.725. The predicted octanol–water partition coefficient (Wildman–Crippen LogP) is 2.20. The van der Waals surface area contributed by atoms with Crippen LogP contribution in [-0.4, -0.2) is 6.04 Å². The van der Waals surface area contributed by atoms with Crippen molar-refractivity contribution in [2.45, 2.75) is 45.1 Å². The van der Waals surface area contributed by atoms with Crippen LogP contribution in [0.4, 0.5) is 0 Å². The van der Waals surface area contributed by atoms with E-state index in [4.69, 9.17) is 0 Å². The summed E-state index contributed by atoms with van der Waals surface area (Å²) >= 11 is 0. The molecular formula is C9H15N. The van der Waals surface area contributed by atoms with E-state index in [2.05, 4.69) is 12.2 Å². The monoisotopic (exact) mass is 137 g/mol. The lowest BCUT2D eigenvalue weighted by Gasteiger charge is -2.12. The molecule has 0 spiro atoms. The van der Waals surface area contributed by atoms with E-state index in [-0.39, 0.29) is 0 Å². The van der Waals surface area contributed by atoms with Gasteiger partial charge in [-0.1, -0.05) is 0 Å². The van der Waals surface area contributed by atoms with Crippen molar-refractivity contribution in [2.75, 3.05) is 0 Å². The van der Waals surface area contributed by atoms with Crippen LogP contribution in [0.25, 0.3) is 0 Å². The van der Waals surface area contributed by atoms with Gasteiger partial charge in [-0.3, -0.25) is 0 Å². The maximum absolute atomic E-state index is 3.54. The molecule has 0 aromatic carbocycles. The van der Waals surface area contributed by atoms with E-state index in [1.165, 1.54) is 32.1 Å². The second-order valence-corrected chi connectivity index (χ2v) is 3.54. The van der Waals surface area contributed by atoms with Crippen LogP contribution < -0.4 is 5.32 Å². The Morgan fingerprint density at radius 2 is 2.10 bits per heavy atom. The Morgan fingerprint density at radius 1 is 1.30 bits per heavy atom. The molecule has 56 valence electrons. The summed E-state index contributed by atoms with van der Waals surface area (Å²) in [5, 5.41) is 3.54. The van der Waals surface area contributed by atoms with Crippen molar-refractivity contribution in [3.63, 3.8) is 0 Å². The quantitative estimate of drug-likeness (QED) is 0.539. The number of nitrogens with one attached hydrogen (secondary N) is 1. The van der Waals surface area contributed by atoms with Gasteiger partial charge in [-0.25, -0.2) is 0 Å². The van der Waals surface area contributed by atoms with Gasteiger partial charge in [0.15, 0.2) is 0 Å². The molecule has 0 fully saturated rings. The molecule has 0 bridgehead atoms. The van der Waals surface area contributed by atoms with Gasteiger partial charge in [0.25, 0.3) is 0 Å². The zero-order valence-corrected chi connectivity index (χ0v) is 6.61. The number of hydrogen-bond acceptors (Lipinski definition) is 1. The van der Waals surface area contributed by atoms with Gasteiger partial charge >= 0.3 is 0 Å². The predicted molar refractivity (Wildman–Crippen MR) is 42.7 cm³/mol. The first-order valence-corrected chi connectivity index (χ1v) is 4.33. The third-order valence-corrected chi connectivity index (χ3v) is 2.56. The minimum Gasteiger partial charge on any atom is -0.386 e. The van der Waals surface area contributed by atoms with E-state index in [9.17, 15) is 0 Å². The fraction of sp³-hybridized carbons (Fsp3) is 0.778. The smallest absolute Gasteiger partial charge is 0.0267 e. The maximum atomic E-state index is 3.54. The highest BCUT2D eigenvalue weighted by Gasteiger charge is 2.21. The fourth-order valence-electron chi connectivity index (χ4n) is 2.09. The SMILES string of the molecule is CC1CC2=C(CCCC2)N1. The summed E-state index contributed by atoms with van der Waals surface area (Å²) in [7, 11) is 0. The van der Waals surface area contributed by atoms with Gasteiger partial charge in [0.05, 0.1) is 0 Å². The van der Waals surface area contributed by atoms with E-state index in [1.54, 1.807) is 11.3 Å². The van der Waals surface area contributed by atoms with Crippen LogP contribution in [0.15, 0.2) is 11.3 Å². The van der Waals surface area contributed by atoms with Crippen molar-refractivity contribution >= 4 is 0 Å². The van der Waals surface area contributed by atoms with Crippen LogP contribution >= 0.6 is 0 Å². The Labute approximate surface area is 62.5 Å². The Hall–Kier alpha value is -0.460. The molecule has 1 nitrogen and oxygen atoms in total. The standard InChI is InChI=1S/C9H15N/c1-7-6-8-4-2-3-5-9(8)10-7/h7,10H,2-6H2,1H3. The maximum Gasteiger partial charge on any atom is 0.0267 e. The number of rotatable bonds is 0. The molecule has 2 aliphatic rings. The number of allylic oxidation sites excluding steroid dienone is 1. The zero-order valence-electron chi connectivity index (χ0n) is 6.61. The average Bonchev–Trinajstić information content (AvgIpc) is 2.27. The molecule has 0 aromatic rings. The van der Waals surface area contributed by atoms with Crippen LogP contribution in [0.1, 0.15) is 39.0 Å². The lowest BCUT2D eigenvalue weighted by molar-refractivity contribution is 0.639. The summed E-state index contributed by atoms with van der Waals surface area (Å²) in [5.41, 5.74) is 3.30. The van der Waals surface area contributed by atoms with Gasteiger partial charge < -0.3 is 5.32 Å². The first-order chi connectivity index (χ1) is 4.86. The van der Waals surface area contributed by atoms with E-state index in [1.807, 2.05) is 0 Å². The van der Waals surface area contributed by atoms with E-state index in [0.29, 0.717) is 0 Å². The molecule has 1 heteroatoms. The molecule has 0 amide bonds. The third kappa shape index (κ3) is 0.938. The van der Waals surface area contributed by atoms with Gasteiger partial charge in [-0.2, -0.15) is 0 Å². The van der Waals surface area contributed by atoms with Crippen LogP contribution in [0, 0.1) is 0 Å². The lowest BCUT2D eigenvalue weighted by Crippen LogP contribution is -2.18. The van der Waals surface area contributed by atoms with Crippen molar-refractivity contribution in [3.8, 4) is 0 Å². The normalized spacial score (nSPS) is 31.9.